The van der Waals surface area contributed by atoms with Crippen molar-refractivity contribution in [1.82, 2.24) is 4.90 Å². The number of hydrogen-bond acceptors (Lipinski definition) is 1. The molecule has 2 aliphatic rings. The Bertz CT molecular complexity index is 172. The summed E-state index contributed by atoms with van der Waals surface area (Å²) in [4.78, 5) is 2.69. The molecule has 0 aromatic rings. The van der Waals surface area contributed by atoms with Gasteiger partial charge in [0.1, 0.15) is 0 Å². The standard InChI is InChI=1S/C11H17N/c1-2-3-4-9-12-10-5-6-11(12)8-7-10/h1,10-11H,3-9H2. The van der Waals surface area contributed by atoms with Crippen LogP contribution in [0.2, 0.25) is 0 Å². The molecule has 2 aliphatic heterocycles. The van der Waals surface area contributed by atoms with E-state index in [1.165, 1.54) is 38.6 Å². The van der Waals surface area contributed by atoms with E-state index >= 15 is 0 Å². The Morgan fingerprint density at radius 1 is 1.17 bits per heavy atom. The molecule has 0 radical (unpaired) electrons. The van der Waals surface area contributed by atoms with Crippen LogP contribution in [0.5, 0.6) is 0 Å². The number of terminal acetylenes is 1. The first kappa shape index (κ1) is 8.13. The van der Waals surface area contributed by atoms with E-state index in [0.717, 1.165) is 18.5 Å². The highest BCUT2D eigenvalue weighted by molar-refractivity contribution is 4.95. The van der Waals surface area contributed by atoms with Gasteiger partial charge in [-0.15, -0.1) is 12.3 Å². The van der Waals surface area contributed by atoms with Crippen LogP contribution in [0, 0.1) is 12.3 Å². The minimum absolute atomic E-state index is 0.924. The summed E-state index contributed by atoms with van der Waals surface area (Å²) in [6, 6.07) is 1.85. The van der Waals surface area contributed by atoms with Crippen LogP contribution < -0.4 is 0 Å². The predicted octanol–water partition coefficient (Wildman–Crippen LogP) is 2.03. The lowest BCUT2D eigenvalue weighted by atomic mass is 10.0. The maximum atomic E-state index is 5.23. The predicted molar refractivity (Wildman–Crippen MR) is 50.8 cm³/mol. The zero-order valence-electron chi connectivity index (χ0n) is 7.63. The third kappa shape index (κ3) is 1.36. The second-order valence-corrected chi connectivity index (χ2v) is 4.01. The molecule has 0 amide bonds. The molecule has 2 fully saturated rings. The van der Waals surface area contributed by atoms with Crippen LogP contribution in [0.4, 0.5) is 0 Å². The van der Waals surface area contributed by atoms with Gasteiger partial charge in [-0.2, -0.15) is 0 Å². The van der Waals surface area contributed by atoms with Crippen LogP contribution in [0.15, 0.2) is 0 Å². The van der Waals surface area contributed by atoms with Crippen molar-refractivity contribution in [2.45, 2.75) is 50.6 Å². The van der Waals surface area contributed by atoms with Crippen LogP contribution in [0.25, 0.3) is 0 Å². The van der Waals surface area contributed by atoms with E-state index in [1.807, 2.05) is 0 Å². The van der Waals surface area contributed by atoms with Gasteiger partial charge >= 0.3 is 0 Å². The molecule has 0 atom stereocenters. The lowest BCUT2D eigenvalue weighted by Gasteiger charge is -2.20. The average Bonchev–Trinajstić information content (AvgIpc) is 2.65. The van der Waals surface area contributed by atoms with Crippen molar-refractivity contribution in [1.29, 1.82) is 0 Å². The minimum Gasteiger partial charge on any atom is -0.297 e. The Balaban J connectivity index is 1.78. The van der Waals surface area contributed by atoms with E-state index in [9.17, 15) is 0 Å². The van der Waals surface area contributed by atoms with Crippen molar-refractivity contribution in [2.75, 3.05) is 6.54 Å². The molecule has 0 aromatic carbocycles. The molecule has 0 unspecified atom stereocenters. The van der Waals surface area contributed by atoms with Crippen molar-refractivity contribution in [3.8, 4) is 12.3 Å². The maximum Gasteiger partial charge on any atom is 0.00993 e. The van der Waals surface area contributed by atoms with Gasteiger partial charge in [-0.1, -0.05) is 0 Å². The minimum atomic E-state index is 0.924. The van der Waals surface area contributed by atoms with Crippen molar-refractivity contribution in [2.24, 2.45) is 0 Å². The summed E-state index contributed by atoms with van der Waals surface area (Å²) in [6.07, 6.45) is 13.2. The van der Waals surface area contributed by atoms with Gasteiger partial charge in [0.25, 0.3) is 0 Å². The molecule has 2 saturated heterocycles. The maximum absolute atomic E-state index is 5.23. The molecule has 0 N–H and O–H groups in total. The average molecular weight is 163 g/mol. The van der Waals surface area contributed by atoms with Crippen molar-refractivity contribution >= 4 is 0 Å². The van der Waals surface area contributed by atoms with Gasteiger partial charge in [0.15, 0.2) is 0 Å². The Morgan fingerprint density at radius 3 is 2.25 bits per heavy atom. The Hall–Kier alpha value is -0.480. The molecule has 0 aromatic heterocycles. The number of rotatable bonds is 3. The van der Waals surface area contributed by atoms with E-state index < -0.39 is 0 Å². The zero-order chi connectivity index (χ0) is 8.39. The van der Waals surface area contributed by atoms with Crippen LogP contribution in [-0.2, 0) is 0 Å². The third-order valence-corrected chi connectivity index (χ3v) is 3.34. The highest BCUT2D eigenvalue weighted by atomic mass is 15.2. The van der Waals surface area contributed by atoms with E-state index in [1.54, 1.807) is 0 Å². The lowest BCUT2D eigenvalue weighted by molar-refractivity contribution is 0.251. The molecule has 2 heterocycles. The summed E-state index contributed by atoms with van der Waals surface area (Å²) < 4.78 is 0. The topological polar surface area (TPSA) is 3.24 Å². The highest BCUT2D eigenvalue weighted by Crippen LogP contribution is 2.37. The molecule has 0 saturated carbocycles. The Morgan fingerprint density at radius 2 is 1.75 bits per heavy atom. The van der Waals surface area contributed by atoms with Crippen LogP contribution in [0.3, 0.4) is 0 Å². The third-order valence-electron chi connectivity index (χ3n) is 3.34. The molecule has 2 bridgehead atoms. The van der Waals surface area contributed by atoms with Gasteiger partial charge < -0.3 is 0 Å². The molecule has 2 rings (SSSR count). The zero-order valence-corrected chi connectivity index (χ0v) is 7.63. The van der Waals surface area contributed by atoms with Crippen molar-refractivity contribution < 1.29 is 0 Å². The first-order chi connectivity index (χ1) is 5.92. The van der Waals surface area contributed by atoms with Crippen LogP contribution in [0.1, 0.15) is 38.5 Å². The fourth-order valence-corrected chi connectivity index (χ4v) is 2.75. The fraction of sp³-hybridized carbons (Fsp3) is 0.818. The summed E-state index contributed by atoms with van der Waals surface area (Å²) in [6.45, 7) is 1.25. The number of unbranched alkanes of at least 4 members (excludes halogenated alkanes) is 1. The molecule has 0 aliphatic carbocycles. The van der Waals surface area contributed by atoms with Crippen LogP contribution >= 0.6 is 0 Å². The van der Waals surface area contributed by atoms with Gasteiger partial charge in [-0.05, 0) is 38.6 Å². The second-order valence-electron chi connectivity index (χ2n) is 4.01. The fourth-order valence-electron chi connectivity index (χ4n) is 2.75. The first-order valence-corrected chi connectivity index (χ1v) is 5.11. The monoisotopic (exact) mass is 163 g/mol. The molecule has 12 heavy (non-hydrogen) atoms. The van der Waals surface area contributed by atoms with Gasteiger partial charge in [-0.25, -0.2) is 0 Å². The number of fused-ring (bicyclic) bond motifs is 2. The van der Waals surface area contributed by atoms with Crippen molar-refractivity contribution in [3.05, 3.63) is 0 Å². The normalized spacial score (nSPS) is 33.9. The van der Waals surface area contributed by atoms with Gasteiger partial charge in [0.05, 0.1) is 0 Å². The number of hydrogen-bond donors (Lipinski definition) is 0. The molecular formula is C11H17N. The Kier molecular flexibility index (Phi) is 2.37. The van der Waals surface area contributed by atoms with Crippen molar-refractivity contribution in [3.63, 3.8) is 0 Å². The first-order valence-electron chi connectivity index (χ1n) is 5.11. The summed E-state index contributed by atoms with van der Waals surface area (Å²) >= 11 is 0. The van der Waals surface area contributed by atoms with Crippen LogP contribution in [-0.4, -0.2) is 23.5 Å². The van der Waals surface area contributed by atoms with E-state index in [4.69, 9.17) is 6.42 Å². The van der Waals surface area contributed by atoms with E-state index in [-0.39, 0.29) is 0 Å². The quantitative estimate of drug-likeness (QED) is 0.454. The SMILES string of the molecule is C#CCCCN1C2CCC1CC2. The Labute approximate surface area is 75.1 Å². The van der Waals surface area contributed by atoms with E-state index in [0.29, 0.717) is 0 Å². The molecular weight excluding hydrogens is 146 g/mol. The highest BCUT2D eigenvalue weighted by Gasteiger charge is 2.38. The summed E-state index contributed by atoms with van der Waals surface area (Å²) in [5, 5.41) is 0. The van der Waals surface area contributed by atoms with E-state index in [2.05, 4.69) is 10.8 Å². The molecule has 1 heteroatoms. The summed E-state index contributed by atoms with van der Waals surface area (Å²) in [7, 11) is 0. The molecule has 66 valence electrons. The summed E-state index contributed by atoms with van der Waals surface area (Å²) in [5.41, 5.74) is 0. The van der Waals surface area contributed by atoms with Gasteiger partial charge in [0, 0.05) is 18.5 Å². The smallest absolute Gasteiger partial charge is 0.00993 e. The largest absolute Gasteiger partial charge is 0.297 e. The lowest BCUT2D eigenvalue weighted by Crippen LogP contribution is -2.29. The summed E-state index contributed by atoms with van der Waals surface area (Å²) in [5.74, 6) is 2.72. The van der Waals surface area contributed by atoms with Gasteiger partial charge in [0.2, 0.25) is 0 Å². The number of nitrogens with zero attached hydrogens (tertiary/aromatic N) is 1. The molecule has 0 spiro atoms. The molecule has 1 nitrogen and oxygen atoms in total. The second kappa shape index (κ2) is 3.49. The van der Waals surface area contributed by atoms with Gasteiger partial charge in [-0.3, -0.25) is 4.90 Å².